The second-order valence-corrected chi connectivity index (χ2v) is 11.4. The zero-order valence-electron chi connectivity index (χ0n) is 25.4. The molecule has 0 spiro atoms. The van der Waals surface area contributed by atoms with Gasteiger partial charge in [-0.25, -0.2) is 18.2 Å². The van der Waals surface area contributed by atoms with E-state index >= 15 is 4.39 Å². The van der Waals surface area contributed by atoms with Crippen molar-refractivity contribution >= 4 is 34.7 Å². The summed E-state index contributed by atoms with van der Waals surface area (Å²) in [6.07, 6.45) is 3.70. The molecule has 1 aliphatic rings. The molecule has 11 heteroatoms. The molecule has 5 aromatic rings. The molecule has 1 fully saturated rings. The van der Waals surface area contributed by atoms with Crippen molar-refractivity contribution in [3.63, 3.8) is 0 Å². The van der Waals surface area contributed by atoms with Crippen molar-refractivity contribution in [2.24, 2.45) is 0 Å². The summed E-state index contributed by atoms with van der Waals surface area (Å²) in [5.41, 5.74) is 8.51. The Balaban J connectivity index is 1.26. The Hall–Kier alpha value is -5.58. The summed E-state index contributed by atoms with van der Waals surface area (Å²) in [4.78, 5) is 30.7. The number of aromatic nitrogens is 1. The van der Waals surface area contributed by atoms with Gasteiger partial charge in [-0.2, -0.15) is 0 Å². The van der Waals surface area contributed by atoms with E-state index in [1.165, 1.54) is 23.1 Å². The maximum atomic E-state index is 15.6. The number of nitrogens with zero attached hydrogens (tertiary/aromatic N) is 2. The molecule has 3 N–H and O–H groups in total. The Morgan fingerprint density at radius 1 is 1.04 bits per heavy atom. The number of benzene rings is 3. The third-order valence-corrected chi connectivity index (χ3v) is 7.86. The van der Waals surface area contributed by atoms with Gasteiger partial charge in [0.1, 0.15) is 23.1 Å². The minimum absolute atomic E-state index is 0.0742. The molecular formula is C36H31F3N4O4. The standard InChI is InChI=1S/C36H31F3N4O4/c1-22-2-7-27(8-3-22)46-31-19-25(29-9-6-24(18-30(29)37)35(45)43-14-12-36(38,39)13-15-43)16-26-17-28(47-34(26)31)21-42-33(44)11-5-23-4-10-32(40)41-20-23/h2-11,16-20H,12-15,21H2,1H3,(H2,40,41)(H,42,44)/b11-5+. The molecule has 6 rings (SSSR count). The SMILES string of the molecule is Cc1ccc(Oc2cc(-c3ccc(C(=O)N4CCC(F)(F)CC4)cc3F)cc3cc(CNC(=O)/C=C/c4ccc(N)nc4)oc23)cc1. The lowest BCUT2D eigenvalue weighted by Crippen LogP contribution is -2.42. The number of anilines is 1. The molecule has 0 unspecified atom stereocenters. The van der Waals surface area contributed by atoms with E-state index in [9.17, 15) is 18.4 Å². The maximum Gasteiger partial charge on any atom is 0.253 e. The Labute approximate surface area is 268 Å². The molecule has 3 aromatic carbocycles. The Morgan fingerprint density at radius 2 is 1.81 bits per heavy atom. The largest absolute Gasteiger partial charge is 0.455 e. The van der Waals surface area contributed by atoms with E-state index in [-0.39, 0.29) is 36.7 Å². The summed E-state index contributed by atoms with van der Waals surface area (Å²) >= 11 is 0. The Bertz CT molecular complexity index is 1960. The minimum Gasteiger partial charge on any atom is -0.455 e. The van der Waals surface area contributed by atoms with Gasteiger partial charge in [-0.05, 0) is 78.7 Å². The molecule has 2 aromatic heterocycles. The van der Waals surface area contributed by atoms with Gasteiger partial charge in [0.15, 0.2) is 11.3 Å². The van der Waals surface area contributed by atoms with Crippen molar-refractivity contribution in [3.8, 4) is 22.6 Å². The molecular weight excluding hydrogens is 609 g/mol. The Morgan fingerprint density at radius 3 is 2.51 bits per heavy atom. The first-order valence-corrected chi connectivity index (χ1v) is 15.0. The lowest BCUT2D eigenvalue weighted by molar-refractivity contribution is -0.116. The van der Waals surface area contributed by atoms with Crippen LogP contribution in [0.1, 0.15) is 40.1 Å². The molecule has 47 heavy (non-hydrogen) atoms. The number of fused-ring (bicyclic) bond motifs is 1. The second kappa shape index (κ2) is 13.0. The predicted molar refractivity (Wildman–Crippen MR) is 172 cm³/mol. The number of carbonyl (C=O) groups is 2. The quantitative estimate of drug-likeness (QED) is 0.170. The molecule has 3 heterocycles. The molecule has 0 bridgehead atoms. The summed E-state index contributed by atoms with van der Waals surface area (Å²) in [6, 6.07) is 20.0. The number of hydrogen-bond donors (Lipinski definition) is 2. The number of ether oxygens (including phenoxy) is 1. The highest BCUT2D eigenvalue weighted by Crippen LogP contribution is 2.38. The van der Waals surface area contributed by atoms with E-state index < -0.39 is 30.5 Å². The van der Waals surface area contributed by atoms with Crippen LogP contribution < -0.4 is 15.8 Å². The van der Waals surface area contributed by atoms with Gasteiger partial charge in [-0.1, -0.05) is 23.8 Å². The maximum absolute atomic E-state index is 15.6. The third-order valence-electron chi connectivity index (χ3n) is 7.86. The monoisotopic (exact) mass is 640 g/mol. The zero-order valence-corrected chi connectivity index (χ0v) is 25.4. The van der Waals surface area contributed by atoms with Gasteiger partial charge in [-0.15, -0.1) is 0 Å². The van der Waals surface area contributed by atoms with Crippen LogP contribution in [-0.4, -0.2) is 40.7 Å². The summed E-state index contributed by atoms with van der Waals surface area (Å²) in [6.45, 7) is 1.84. The summed E-state index contributed by atoms with van der Waals surface area (Å²) in [5.74, 6) is -2.62. The van der Waals surface area contributed by atoms with Crippen LogP contribution in [0.5, 0.6) is 11.5 Å². The number of carbonyl (C=O) groups excluding carboxylic acids is 2. The number of rotatable bonds is 8. The van der Waals surface area contributed by atoms with Crippen molar-refractivity contribution in [1.82, 2.24) is 15.2 Å². The zero-order chi connectivity index (χ0) is 33.1. The van der Waals surface area contributed by atoms with Gasteiger partial charge in [-0.3, -0.25) is 9.59 Å². The van der Waals surface area contributed by atoms with Gasteiger partial charge in [0, 0.05) is 54.7 Å². The number of furan rings is 1. The summed E-state index contributed by atoms with van der Waals surface area (Å²) in [7, 11) is 0. The number of amides is 2. The average Bonchev–Trinajstić information content (AvgIpc) is 3.47. The van der Waals surface area contributed by atoms with E-state index in [4.69, 9.17) is 14.9 Å². The van der Waals surface area contributed by atoms with Gasteiger partial charge in [0.05, 0.1) is 6.54 Å². The highest BCUT2D eigenvalue weighted by Gasteiger charge is 2.36. The van der Waals surface area contributed by atoms with Crippen LogP contribution in [0.4, 0.5) is 19.0 Å². The number of alkyl halides is 2. The highest BCUT2D eigenvalue weighted by atomic mass is 19.3. The number of nitrogen functional groups attached to an aromatic ring is 1. The minimum atomic E-state index is -2.80. The fourth-order valence-electron chi connectivity index (χ4n) is 5.25. The van der Waals surface area contributed by atoms with Crippen LogP contribution >= 0.6 is 0 Å². The highest BCUT2D eigenvalue weighted by molar-refractivity contribution is 5.96. The van der Waals surface area contributed by atoms with Crippen LogP contribution in [0.2, 0.25) is 0 Å². The lowest BCUT2D eigenvalue weighted by atomic mass is 10.00. The summed E-state index contributed by atoms with van der Waals surface area (Å²) < 4.78 is 55.1. The fraction of sp³-hybridized carbons (Fsp3) is 0.194. The normalized spacial score (nSPS) is 14.4. The first-order valence-electron chi connectivity index (χ1n) is 15.0. The van der Waals surface area contributed by atoms with Crippen molar-refractivity contribution in [2.75, 3.05) is 18.8 Å². The molecule has 1 aliphatic heterocycles. The first kappa shape index (κ1) is 31.4. The van der Waals surface area contributed by atoms with Crippen molar-refractivity contribution in [3.05, 3.63) is 113 Å². The Kier molecular flexibility index (Phi) is 8.71. The molecule has 8 nitrogen and oxygen atoms in total. The smallest absolute Gasteiger partial charge is 0.253 e. The van der Waals surface area contributed by atoms with Crippen molar-refractivity contribution < 1.29 is 31.9 Å². The van der Waals surface area contributed by atoms with Crippen LogP contribution in [0.15, 0.2) is 89.5 Å². The molecule has 0 aliphatic carbocycles. The van der Waals surface area contributed by atoms with Crippen LogP contribution in [-0.2, 0) is 11.3 Å². The van der Waals surface area contributed by atoms with Crippen LogP contribution in [0.3, 0.4) is 0 Å². The van der Waals surface area contributed by atoms with Crippen molar-refractivity contribution in [2.45, 2.75) is 32.2 Å². The van der Waals surface area contributed by atoms with Crippen LogP contribution in [0, 0.1) is 12.7 Å². The van der Waals surface area contributed by atoms with E-state index in [1.807, 2.05) is 19.1 Å². The number of piperidine rings is 1. The molecule has 0 atom stereocenters. The van der Waals surface area contributed by atoms with E-state index in [0.29, 0.717) is 45.2 Å². The molecule has 2 amide bonds. The second-order valence-electron chi connectivity index (χ2n) is 11.4. The third kappa shape index (κ3) is 7.46. The van der Waals surface area contributed by atoms with Gasteiger partial charge < -0.3 is 25.1 Å². The topological polar surface area (TPSA) is 111 Å². The van der Waals surface area contributed by atoms with Gasteiger partial charge >= 0.3 is 0 Å². The number of likely N-dealkylation sites (tertiary alicyclic amines) is 1. The summed E-state index contributed by atoms with van der Waals surface area (Å²) in [5, 5.41) is 3.38. The number of nitrogens with one attached hydrogen (secondary N) is 1. The predicted octanol–water partition coefficient (Wildman–Crippen LogP) is 7.52. The van der Waals surface area contributed by atoms with Gasteiger partial charge in [0.25, 0.3) is 11.8 Å². The van der Waals surface area contributed by atoms with Crippen LogP contribution in [0.25, 0.3) is 28.2 Å². The fourth-order valence-corrected chi connectivity index (χ4v) is 5.25. The molecule has 1 saturated heterocycles. The number of aryl methyl sites for hydroxylation is 1. The van der Waals surface area contributed by atoms with E-state index in [0.717, 1.165) is 11.6 Å². The molecule has 0 saturated carbocycles. The number of halogens is 3. The first-order chi connectivity index (χ1) is 22.5. The molecule has 0 radical (unpaired) electrons. The lowest BCUT2D eigenvalue weighted by Gasteiger charge is -2.31. The molecule has 240 valence electrons. The number of hydrogen-bond acceptors (Lipinski definition) is 6. The van der Waals surface area contributed by atoms with Crippen molar-refractivity contribution in [1.29, 1.82) is 0 Å². The van der Waals surface area contributed by atoms with Gasteiger partial charge in [0.2, 0.25) is 5.91 Å². The number of nitrogens with two attached hydrogens (primary N) is 1. The average molecular weight is 641 g/mol. The van der Waals surface area contributed by atoms with E-state index in [2.05, 4.69) is 10.3 Å². The number of pyridine rings is 1. The van der Waals surface area contributed by atoms with E-state index in [1.54, 1.807) is 54.7 Å².